The van der Waals surface area contributed by atoms with Crippen molar-refractivity contribution in [3.05, 3.63) is 58.7 Å². The Morgan fingerprint density at radius 2 is 1.69 bits per heavy atom. The Morgan fingerprint density at radius 3 is 2.28 bits per heavy atom. The molecule has 0 spiro atoms. The third-order valence-corrected chi connectivity index (χ3v) is 7.42. The first-order valence-electron chi connectivity index (χ1n) is 9.70. The Morgan fingerprint density at radius 1 is 1.00 bits per heavy atom. The average molecular weight is 417 g/mol. The van der Waals surface area contributed by atoms with Gasteiger partial charge < -0.3 is 4.74 Å². The van der Waals surface area contributed by atoms with E-state index in [9.17, 15) is 13.2 Å². The summed E-state index contributed by atoms with van der Waals surface area (Å²) in [4.78, 5) is 14.2. The molecule has 6 nitrogen and oxygen atoms in total. The molecule has 1 aliphatic heterocycles. The van der Waals surface area contributed by atoms with Gasteiger partial charge in [-0.3, -0.25) is 9.69 Å². The lowest BCUT2D eigenvalue weighted by molar-refractivity contribution is 0.101. The van der Waals surface area contributed by atoms with Crippen LogP contribution >= 0.6 is 0 Å². The zero-order valence-electron chi connectivity index (χ0n) is 17.4. The number of methoxy groups -OCH3 is 1. The number of hydrogen-bond donors (Lipinski definition) is 0. The van der Waals surface area contributed by atoms with Gasteiger partial charge >= 0.3 is 0 Å². The summed E-state index contributed by atoms with van der Waals surface area (Å²) in [5.74, 6) is 0.749. The van der Waals surface area contributed by atoms with E-state index in [1.807, 2.05) is 32.0 Å². The lowest BCUT2D eigenvalue weighted by atomic mass is 10.1. The van der Waals surface area contributed by atoms with Crippen molar-refractivity contribution < 1.29 is 17.9 Å². The highest BCUT2D eigenvalue weighted by Crippen LogP contribution is 2.24. The Balaban J connectivity index is 1.70. The number of benzene rings is 2. The van der Waals surface area contributed by atoms with Gasteiger partial charge in [0.15, 0.2) is 5.78 Å². The second kappa shape index (κ2) is 8.65. The number of Topliss-reactive ketones (excluding diaryl/α,β-unsaturated/α-hetero) is 1. The Kier molecular flexibility index (Phi) is 6.41. The highest BCUT2D eigenvalue weighted by Gasteiger charge is 2.29. The molecule has 0 unspecified atom stereocenters. The van der Waals surface area contributed by atoms with Crippen molar-refractivity contribution in [3.8, 4) is 5.75 Å². The summed E-state index contributed by atoms with van der Waals surface area (Å²) >= 11 is 0. The van der Waals surface area contributed by atoms with Gasteiger partial charge in [0.25, 0.3) is 0 Å². The molecule has 1 fully saturated rings. The fraction of sp³-hybridized carbons (Fsp3) is 0.409. The minimum absolute atomic E-state index is 0.0122. The summed E-state index contributed by atoms with van der Waals surface area (Å²) in [6.45, 7) is 8.17. The molecule has 0 aromatic heterocycles. The van der Waals surface area contributed by atoms with Gasteiger partial charge in [-0.05, 0) is 62.2 Å². The predicted molar refractivity (Wildman–Crippen MR) is 113 cm³/mol. The molecule has 3 rings (SSSR count). The highest BCUT2D eigenvalue weighted by atomic mass is 32.2. The molecular weight excluding hydrogens is 388 g/mol. The highest BCUT2D eigenvalue weighted by molar-refractivity contribution is 7.89. The number of nitrogens with zero attached hydrogens (tertiary/aromatic N) is 2. The molecule has 29 heavy (non-hydrogen) atoms. The van der Waals surface area contributed by atoms with Crippen molar-refractivity contribution in [2.75, 3.05) is 33.3 Å². The van der Waals surface area contributed by atoms with Gasteiger partial charge in [0.1, 0.15) is 5.75 Å². The van der Waals surface area contributed by atoms with Crippen molar-refractivity contribution in [1.82, 2.24) is 9.21 Å². The lowest BCUT2D eigenvalue weighted by Crippen LogP contribution is -2.48. The third kappa shape index (κ3) is 4.69. The van der Waals surface area contributed by atoms with E-state index in [0.717, 1.165) is 22.4 Å². The first kappa shape index (κ1) is 21.5. The fourth-order valence-electron chi connectivity index (χ4n) is 3.51. The molecule has 2 aromatic rings. The van der Waals surface area contributed by atoms with E-state index in [1.54, 1.807) is 36.5 Å². The normalized spacial score (nSPS) is 16.0. The van der Waals surface area contributed by atoms with Gasteiger partial charge in [0, 0.05) is 43.9 Å². The molecular formula is C22H28N2O4S. The van der Waals surface area contributed by atoms with Crippen LogP contribution in [0.15, 0.2) is 41.3 Å². The SMILES string of the molecule is COc1ccc(C(C)=O)cc1CN1CCN(S(=O)(=O)c2ccc(C)c(C)c2)CC1. The molecule has 0 bridgehead atoms. The maximum atomic E-state index is 13.0. The average Bonchev–Trinajstić information content (AvgIpc) is 2.70. The number of aryl methyl sites for hydroxylation is 2. The van der Waals surface area contributed by atoms with Crippen LogP contribution in [0.5, 0.6) is 5.75 Å². The molecule has 7 heteroatoms. The zero-order valence-corrected chi connectivity index (χ0v) is 18.3. The molecule has 0 aliphatic carbocycles. The van der Waals surface area contributed by atoms with E-state index in [2.05, 4.69) is 4.90 Å². The largest absolute Gasteiger partial charge is 0.496 e. The molecule has 0 saturated carbocycles. The standard InChI is InChI=1S/C22H28N2O4S/c1-16-5-7-21(13-17(16)2)29(26,27)24-11-9-23(10-12-24)15-20-14-19(18(3)25)6-8-22(20)28-4/h5-8,13-14H,9-12,15H2,1-4H3. The molecule has 1 heterocycles. The first-order valence-corrected chi connectivity index (χ1v) is 11.1. The first-order chi connectivity index (χ1) is 13.7. The van der Waals surface area contributed by atoms with Crippen molar-refractivity contribution in [3.63, 3.8) is 0 Å². The summed E-state index contributed by atoms with van der Waals surface area (Å²) in [5.41, 5.74) is 3.64. The minimum atomic E-state index is -3.49. The van der Waals surface area contributed by atoms with Crippen molar-refractivity contribution in [1.29, 1.82) is 0 Å². The van der Waals surface area contributed by atoms with Crippen LogP contribution in [0.25, 0.3) is 0 Å². The number of carbonyl (C=O) groups is 1. The second-order valence-corrected chi connectivity index (χ2v) is 9.45. The number of rotatable bonds is 6. The molecule has 156 valence electrons. The number of piperazine rings is 1. The van der Waals surface area contributed by atoms with E-state index in [1.165, 1.54) is 0 Å². The number of carbonyl (C=O) groups excluding carboxylic acids is 1. The smallest absolute Gasteiger partial charge is 0.243 e. The van der Waals surface area contributed by atoms with E-state index >= 15 is 0 Å². The quantitative estimate of drug-likeness (QED) is 0.677. The Bertz CT molecular complexity index is 1010. The monoisotopic (exact) mass is 416 g/mol. The van der Waals surface area contributed by atoms with Gasteiger partial charge in [-0.25, -0.2) is 8.42 Å². The molecule has 1 saturated heterocycles. The van der Waals surface area contributed by atoms with Crippen molar-refractivity contribution in [2.45, 2.75) is 32.2 Å². The summed E-state index contributed by atoms with van der Waals surface area (Å²) < 4.78 is 33.0. The fourth-order valence-corrected chi connectivity index (χ4v) is 5.02. The molecule has 0 radical (unpaired) electrons. The molecule has 0 atom stereocenters. The van der Waals surface area contributed by atoms with Gasteiger partial charge in [-0.1, -0.05) is 6.07 Å². The zero-order chi connectivity index (χ0) is 21.2. The van der Waals surface area contributed by atoms with Crippen LogP contribution < -0.4 is 4.74 Å². The molecule has 0 N–H and O–H groups in total. The van der Waals surface area contributed by atoms with Gasteiger partial charge in [0.05, 0.1) is 12.0 Å². The van der Waals surface area contributed by atoms with Crippen LogP contribution in [0.3, 0.4) is 0 Å². The van der Waals surface area contributed by atoms with Gasteiger partial charge in [-0.2, -0.15) is 4.31 Å². The van der Waals surface area contributed by atoms with Crippen LogP contribution in [0.2, 0.25) is 0 Å². The number of ketones is 1. The summed E-state index contributed by atoms with van der Waals surface area (Å²) in [6, 6.07) is 10.7. The maximum Gasteiger partial charge on any atom is 0.243 e. The summed E-state index contributed by atoms with van der Waals surface area (Å²) in [5, 5.41) is 0. The number of ether oxygens (including phenoxy) is 1. The maximum absolute atomic E-state index is 13.0. The molecule has 2 aromatic carbocycles. The van der Waals surface area contributed by atoms with E-state index in [0.29, 0.717) is 43.2 Å². The van der Waals surface area contributed by atoms with Crippen molar-refractivity contribution >= 4 is 15.8 Å². The van der Waals surface area contributed by atoms with E-state index in [-0.39, 0.29) is 5.78 Å². The van der Waals surface area contributed by atoms with Crippen LogP contribution in [0.1, 0.15) is 34.0 Å². The minimum Gasteiger partial charge on any atom is -0.496 e. The Hall–Kier alpha value is -2.22. The van der Waals surface area contributed by atoms with Crippen LogP contribution in [0, 0.1) is 13.8 Å². The topological polar surface area (TPSA) is 66.9 Å². The number of hydrogen-bond acceptors (Lipinski definition) is 5. The predicted octanol–water partition coefficient (Wildman–Crippen LogP) is 3.02. The summed E-state index contributed by atoms with van der Waals surface area (Å²) in [6.07, 6.45) is 0. The van der Waals surface area contributed by atoms with Crippen molar-refractivity contribution in [2.24, 2.45) is 0 Å². The third-order valence-electron chi connectivity index (χ3n) is 5.53. The van der Waals surface area contributed by atoms with Gasteiger partial charge in [-0.15, -0.1) is 0 Å². The van der Waals surface area contributed by atoms with Crippen LogP contribution in [-0.2, 0) is 16.6 Å². The van der Waals surface area contributed by atoms with Crippen LogP contribution in [-0.4, -0.2) is 56.7 Å². The van der Waals surface area contributed by atoms with E-state index < -0.39 is 10.0 Å². The second-order valence-electron chi connectivity index (χ2n) is 7.51. The van der Waals surface area contributed by atoms with Gasteiger partial charge in [0.2, 0.25) is 10.0 Å². The van der Waals surface area contributed by atoms with Crippen LogP contribution in [0.4, 0.5) is 0 Å². The number of sulfonamides is 1. The lowest BCUT2D eigenvalue weighted by Gasteiger charge is -2.34. The van der Waals surface area contributed by atoms with E-state index in [4.69, 9.17) is 4.74 Å². The summed E-state index contributed by atoms with van der Waals surface area (Å²) in [7, 11) is -1.88. The molecule has 0 amide bonds. The molecule has 1 aliphatic rings. The Labute approximate surface area is 173 Å².